The van der Waals surface area contributed by atoms with Crippen LogP contribution in [0.3, 0.4) is 0 Å². The third-order valence-electron chi connectivity index (χ3n) is 5.61. The van der Waals surface area contributed by atoms with Crippen LogP contribution in [0, 0.1) is 5.82 Å². The Morgan fingerprint density at radius 1 is 1.03 bits per heavy atom. The molecule has 0 bridgehead atoms. The summed E-state index contributed by atoms with van der Waals surface area (Å²) in [6.45, 7) is 0.0136. The van der Waals surface area contributed by atoms with E-state index in [-0.39, 0.29) is 35.8 Å². The van der Waals surface area contributed by atoms with Crippen LogP contribution >= 0.6 is 0 Å². The van der Waals surface area contributed by atoms with Gasteiger partial charge in [0.25, 0.3) is 5.56 Å². The topological polar surface area (TPSA) is 83.1 Å². The highest BCUT2D eigenvalue weighted by atomic mass is 19.4. The molecule has 1 N–H and O–H groups in total. The van der Waals surface area contributed by atoms with Crippen molar-refractivity contribution in [3.05, 3.63) is 85.8 Å². The van der Waals surface area contributed by atoms with E-state index in [9.17, 15) is 27.2 Å². The molecule has 2 heterocycles. The predicted molar refractivity (Wildman–Crippen MR) is 121 cm³/mol. The summed E-state index contributed by atoms with van der Waals surface area (Å²) in [5.74, 6) is -0.628. The fourth-order valence-corrected chi connectivity index (χ4v) is 3.77. The predicted octanol–water partition coefficient (Wildman–Crippen LogP) is 3.26. The molecule has 0 aliphatic carbocycles. The van der Waals surface area contributed by atoms with Crippen molar-refractivity contribution in [2.45, 2.75) is 19.3 Å². The van der Waals surface area contributed by atoms with Crippen LogP contribution in [0.2, 0.25) is 0 Å². The molecule has 0 unspecified atom stereocenters. The number of anilines is 1. The molecule has 35 heavy (non-hydrogen) atoms. The van der Waals surface area contributed by atoms with Gasteiger partial charge in [0, 0.05) is 20.6 Å². The molecule has 0 aliphatic rings. The Balaban J connectivity index is 1.80. The Labute approximate surface area is 196 Å². The molecule has 0 atom stereocenters. The zero-order valence-corrected chi connectivity index (χ0v) is 19.0. The Morgan fingerprint density at radius 3 is 2.46 bits per heavy atom. The number of fused-ring (bicyclic) bond motifs is 1. The summed E-state index contributed by atoms with van der Waals surface area (Å²) in [5, 5.41) is 2.93. The van der Waals surface area contributed by atoms with Crippen LogP contribution < -0.4 is 21.3 Å². The summed E-state index contributed by atoms with van der Waals surface area (Å²) in [7, 11) is 4.33. The van der Waals surface area contributed by atoms with Crippen molar-refractivity contribution in [1.82, 2.24) is 18.7 Å². The van der Waals surface area contributed by atoms with Gasteiger partial charge in [0.2, 0.25) is 5.95 Å². The molecule has 8 nitrogen and oxygen atoms in total. The lowest BCUT2D eigenvalue weighted by Crippen LogP contribution is -2.37. The van der Waals surface area contributed by atoms with E-state index in [0.29, 0.717) is 11.8 Å². The number of hydrogen-bond donors (Lipinski definition) is 1. The van der Waals surface area contributed by atoms with Crippen LogP contribution in [0.1, 0.15) is 16.7 Å². The van der Waals surface area contributed by atoms with Gasteiger partial charge in [0.05, 0.1) is 19.2 Å². The number of nitrogens with one attached hydrogen (secondary N) is 1. The minimum absolute atomic E-state index is 0.110. The first-order chi connectivity index (χ1) is 16.5. The molecular weight excluding hydrogens is 470 g/mol. The number of aryl methyl sites for hydroxylation is 1. The number of methoxy groups -OCH3 is 1. The van der Waals surface area contributed by atoms with Crippen LogP contribution in [-0.2, 0) is 33.4 Å². The fraction of sp³-hybridized carbons (Fsp3) is 0.261. The van der Waals surface area contributed by atoms with Crippen molar-refractivity contribution in [2.75, 3.05) is 12.4 Å². The molecule has 0 radical (unpaired) electrons. The maximum Gasteiger partial charge on any atom is 0.419 e. The Bertz CT molecular complexity index is 1540. The van der Waals surface area contributed by atoms with Crippen molar-refractivity contribution in [3.8, 4) is 5.75 Å². The smallest absolute Gasteiger partial charge is 0.419 e. The maximum absolute atomic E-state index is 13.7. The second kappa shape index (κ2) is 8.93. The summed E-state index contributed by atoms with van der Waals surface area (Å²) in [6, 6.07) is 9.78. The summed E-state index contributed by atoms with van der Waals surface area (Å²) in [5.41, 5.74) is -1.38. The van der Waals surface area contributed by atoms with Gasteiger partial charge in [-0.2, -0.15) is 18.2 Å². The van der Waals surface area contributed by atoms with Crippen molar-refractivity contribution in [3.63, 3.8) is 0 Å². The van der Waals surface area contributed by atoms with E-state index in [2.05, 4.69) is 10.3 Å². The van der Waals surface area contributed by atoms with Crippen LogP contribution in [0.15, 0.2) is 52.1 Å². The summed E-state index contributed by atoms with van der Waals surface area (Å²) < 4.78 is 61.9. The number of ether oxygens (including phenoxy) is 1. The van der Waals surface area contributed by atoms with E-state index in [1.807, 2.05) is 0 Å². The second-order valence-electron chi connectivity index (χ2n) is 7.92. The van der Waals surface area contributed by atoms with Gasteiger partial charge in [0.1, 0.15) is 11.6 Å². The third kappa shape index (κ3) is 4.51. The fourth-order valence-electron chi connectivity index (χ4n) is 3.77. The highest BCUT2D eigenvalue weighted by molar-refractivity contribution is 5.74. The van der Waals surface area contributed by atoms with E-state index < -0.39 is 28.8 Å². The molecule has 0 fully saturated rings. The van der Waals surface area contributed by atoms with Gasteiger partial charge < -0.3 is 10.1 Å². The summed E-state index contributed by atoms with van der Waals surface area (Å²) in [4.78, 5) is 29.8. The van der Waals surface area contributed by atoms with Crippen molar-refractivity contribution in [1.29, 1.82) is 0 Å². The largest absolute Gasteiger partial charge is 0.497 e. The lowest BCUT2D eigenvalue weighted by Gasteiger charge is -2.13. The first-order valence-electron chi connectivity index (χ1n) is 10.4. The number of alkyl halides is 3. The summed E-state index contributed by atoms with van der Waals surface area (Å²) >= 11 is 0. The van der Waals surface area contributed by atoms with Gasteiger partial charge in [0.15, 0.2) is 11.2 Å². The average Bonchev–Trinajstić information content (AvgIpc) is 3.18. The van der Waals surface area contributed by atoms with Crippen molar-refractivity contribution in [2.24, 2.45) is 14.1 Å². The minimum Gasteiger partial charge on any atom is -0.497 e. The molecule has 4 rings (SSSR count). The number of halogens is 4. The van der Waals surface area contributed by atoms with Gasteiger partial charge in [-0.1, -0.05) is 18.2 Å². The van der Waals surface area contributed by atoms with Crippen molar-refractivity contribution >= 4 is 17.1 Å². The van der Waals surface area contributed by atoms with Gasteiger partial charge in [-0.3, -0.25) is 18.5 Å². The average molecular weight is 491 g/mol. The maximum atomic E-state index is 13.7. The number of aromatic nitrogens is 4. The van der Waals surface area contributed by atoms with Gasteiger partial charge >= 0.3 is 11.9 Å². The van der Waals surface area contributed by atoms with E-state index >= 15 is 0 Å². The third-order valence-corrected chi connectivity index (χ3v) is 5.61. The summed E-state index contributed by atoms with van der Waals surface area (Å²) in [6.07, 6.45) is -4.84. The van der Waals surface area contributed by atoms with Crippen LogP contribution in [0.5, 0.6) is 5.75 Å². The SMILES string of the molecule is COc1cccc(Cn2c(NCc3ccc(F)c(C(F)(F)F)c3)nc3c2c(=O)n(C)c(=O)n3C)c1. The zero-order valence-electron chi connectivity index (χ0n) is 19.0. The minimum atomic E-state index is -4.84. The molecule has 2 aromatic heterocycles. The zero-order chi connectivity index (χ0) is 25.5. The number of hydrogen-bond acceptors (Lipinski definition) is 5. The van der Waals surface area contributed by atoms with Gasteiger partial charge in [-0.05, 0) is 35.4 Å². The molecule has 0 amide bonds. The molecule has 4 aromatic rings. The van der Waals surface area contributed by atoms with Crippen LogP contribution in [-0.4, -0.2) is 25.8 Å². The first-order valence-corrected chi connectivity index (χ1v) is 10.4. The van der Waals surface area contributed by atoms with E-state index in [1.165, 1.54) is 31.8 Å². The molecule has 0 saturated carbocycles. The van der Waals surface area contributed by atoms with E-state index in [4.69, 9.17) is 4.74 Å². The van der Waals surface area contributed by atoms with Crippen LogP contribution in [0.25, 0.3) is 11.2 Å². The van der Waals surface area contributed by atoms with E-state index in [0.717, 1.165) is 16.2 Å². The Kier molecular flexibility index (Phi) is 6.14. The molecule has 0 aliphatic heterocycles. The Morgan fingerprint density at radius 2 is 1.77 bits per heavy atom. The monoisotopic (exact) mass is 491 g/mol. The molecule has 0 spiro atoms. The lowest BCUT2D eigenvalue weighted by molar-refractivity contribution is -0.140. The van der Waals surface area contributed by atoms with E-state index in [1.54, 1.807) is 28.8 Å². The normalized spacial score (nSPS) is 11.7. The number of nitrogens with zero attached hydrogens (tertiary/aromatic N) is 4. The lowest BCUT2D eigenvalue weighted by atomic mass is 10.1. The Hall–Kier alpha value is -4.09. The number of benzene rings is 2. The highest BCUT2D eigenvalue weighted by Gasteiger charge is 2.34. The van der Waals surface area contributed by atoms with Gasteiger partial charge in [-0.25, -0.2) is 9.18 Å². The standard InChI is InChI=1S/C23H21F4N5O3/c1-30-19-18(20(33)31(2)22(30)34)32(12-14-5-4-6-15(9-14)35-3)21(29-19)28-11-13-7-8-17(24)16(10-13)23(25,26)27/h4-10H,11-12H2,1-3H3,(H,28,29). The first kappa shape index (κ1) is 24.0. The van der Waals surface area contributed by atoms with Crippen LogP contribution in [0.4, 0.5) is 23.5 Å². The van der Waals surface area contributed by atoms with Crippen molar-refractivity contribution < 1.29 is 22.3 Å². The molecule has 12 heteroatoms. The molecule has 2 aromatic carbocycles. The number of rotatable bonds is 6. The second-order valence-corrected chi connectivity index (χ2v) is 7.92. The van der Waals surface area contributed by atoms with Gasteiger partial charge in [-0.15, -0.1) is 0 Å². The quantitative estimate of drug-likeness (QED) is 0.419. The highest BCUT2D eigenvalue weighted by Crippen LogP contribution is 2.32. The molecule has 184 valence electrons. The molecular formula is C23H21F4N5O3. The molecule has 0 saturated heterocycles. The number of imidazole rings is 1.